The van der Waals surface area contributed by atoms with Crippen LogP contribution in [-0.4, -0.2) is 9.13 Å². The van der Waals surface area contributed by atoms with Crippen molar-refractivity contribution in [3.05, 3.63) is 200 Å². The summed E-state index contributed by atoms with van der Waals surface area (Å²) in [7, 11) is 0. The van der Waals surface area contributed by atoms with E-state index in [2.05, 4.69) is 214 Å². The van der Waals surface area contributed by atoms with Gasteiger partial charge in [0, 0.05) is 44.3 Å². The zero-order valence-electron chi connectivity index (χ0n) is 27.9. The van der Waals surface area contributed by atoms with Crippen molar-refractivity contribution in [2.45, 2.75) is 0 Å². The second-order valence-electron chi connectivity index (χ2n) is 13.0. The minimum Gasteiger partial charge on any atom is -0.309 e. The van der Waals surface area contributed by atoms with Crippen molar-refractivity contribution in [3.63, 3.8) is 0 Å². The van der Waals surface area contributed by atoms with Crippen molar-refractivity contribution < 1.29 is 0 Å². The fourth-order valence-electron chi connectivity index (χ4n) is 7.84. The molecule has 2 heterocycles. The molecule has 0 unspecified atom stereocenters. The average Bonchev–Trinajstić information content (AvgIpc) is 3.73. The van der Waals surface area contributed by atoms with Gasteiger partial charge in [-0.3, -0.25) is 0 Å². The molecule has 0 radical (unpaired) electrons. The van der Waals surface area contributed by atoms with Crippen LogP contribution >= 0.6 is 0 Å². The third-order valence-electron chi connectivity index (χ3n) is 10.1. The molecule has 240 valence electrons. The van der Waals surface area contributed by atoms with E-state index in [9.17, 15) is 0 Å². The van der Waals surface area contributed by atoms with Crippen LogP contribution in [0.4, 0.5) is 17.1 Å². The molecule has 0 saturated carbocycles. The lowest BCUT2D eigenvalue weighted by Gasteiger charge is -2.27. The summed E-state index contributed by atoms with van der Waals surface area (Å²) in [6, 6.07) is 72.1. The van der Waals surface area contributed by atoms with Gasteiger partial charge in [-0.2, -0.15) is 0 Å². The fraction of sp³-hybridized carbons (Fsp3) is 0. The third kappa shape index (κ3) is 4.74. The Morgan fingerprint density at radius 1 is 0.294 bits per heavy atom. The van der Waals surface area contributed by atoms with Gasteiger partial charge in [0.1, 0.15) is 0 Å². The first-order valence-electron chi connectivity index (χ1n) is 17.5. The average molecular weight is 652 g/mol. The van der Waals surface area contributed by atoms with Crippen molar-refractivity contribution in [2.75, 3.05) is 4.90 Å². The molecule has 0 N–H and O–H groups in total. The van der Waals surface area contributed by atoms with Crippen molar-refractivity contribution in [1.82, 2.24) is 9.13 Å². The first-order chi connectivity index (χ1) is 25.3. The monoisotopic (exact) mass is 651 g/mol. The normalized spacial score (nSPS) is 11.5. The number of aromatic nitrogens is 2. The van der Waals surface area contributed by atoms with E-state index in [-0.39, 0.29) is 0 Å². The molecule has 3 heteroatoms. The Balaban J connectivity index is 1.20. The van der Waals surface area contributed by atoms with E-state index < -0.39 is 0 Å². The van der Waals surface area contributed by atoms with Gasteiger partial charge in [0.15, 0.2) is 0 Å². The predicted octanol–water partition coefficient (Wildman–Crippen LogP) is 13.0. The first kappa shape index (κ1) is 29.1. The molecule has 0 aliphatic carbocycles. The molecule has 0 amide bonds. The molecule has 10 aromatic rings. The number of para-hydroxylation sites is 5. The zero-order valence-corrected chi connectivity index (χ0v) is 27.9. The summed E-state index contributed by atoms with van der Waals surface area (Å²) < 4.78 is 4.79. The minimum absolute atomic E-state index is 1.09. The van der Waals surface area contributed by atoms with E-state index in [1.165, 1.54) is 54.7 Å². The molecular formula is C48H33N3. The SMILES string of the molecule is c1ccc(-c2ccc(N(c3ccc(-n4c5ccccc5c5ccccc54)cc3)c3cccc4c5ccccc5n(-c5ccccc5)c34)cc2)cc1. The predicted molar refractivity (Wildman–Crippen MR) is 215 cm³/mol. The van der Waals surface area contributed by atoms with Crippen LogP contribution in [-0.2, 0) is 0 Å². The van der Waals surface area contributed by atoms with E-state index in [1.54, 1.807) is 0 Å². The largest absolute Gasteiger partial charge is 0.309 e. The lowest BCUT2D eigenvalue weighted by molar-refractivity contribution is 1.16. The van der Waals surface area contributed by atoms with E-state index in [4.69, 9.17) is 0 Å². The van der Waals surface area contributed by atoms with Crippen LogP contribution in [0.15, 0.2) is 200 Å². The van der Waals surface area contributed by atoms with Crippen LogP contribution in [0.25, 0.3) is 66.1 Å². The van der Waals surface area contributed by atoms with Crippen LogP contribution in [0, 0.1) is 0 Å². The second kappa shape index (κ2) is 11.9. The Hall–Kier alpha value is -6.84. The lowest BCUT2D eigenvalue weighted by atomic mass is 10.0. The van der Waals surface area contributed by atoms with Crippen LogP contribution in [0.2, 0.25) is 0 Å². The maximum Gasteiger partial charge on any atom is 0.0782 e. The Kier molecular flexibility index (Phi) is 6.81. The van der Waals surface area contributed by atoms with Gasteiger partial charge >= 0.3 is 0 Å². The molecule has 0 aliphatic heterocycles. The Morgan fingerprint density at radius 3 is 1.33 bits per heavy atom. The van der Waals surface area contributed by atoms with Gasteiger partial charge in [-0.25, -0.2) is 0 Å². The zero-order chi connectivity index (χ0) is 33.7. The Bertz CT molecular complexity index is 2770. The Labute approximate surface area is 296 Å². The Morgan fingerprint density at radius 2 is 0.725 bits per heavy atom. The van der Waals surface area contributed by atoms with Crippen LogP contribution in [0.3, 0.4) is 0 Å². The second-order valence-corrected chi connectivity index (χ2v) is 13.0. The van der Waals surface area contributed by atoms with E-state index >= 15 is 0 Å². The number of rotatable bonds is 6. The van der Waals surface area contributed by atoms with Gasteiger partial charge in [-0.1, -0.05) is 127 Å². The smallest absolute Gasteiger partial charge is 0.0782 e. The quantitative estimate of drug-likeness (QED) is 0.174. The van der Waals surface area contributed by atoms with Crippen molar-refractivity contribution >= 4 is 60.7 Å². The topological polar surface area (TPSA) is 13.1 Å². The van der Waals surface area contributed by atoms with Crippen molar-refractivity contribution in [2.24, 2.45) is 0 Å². The molecule has 8 aromatic carbocycles. The molecule has 0 atom stereocenters. The third-order valence-corrected chi connectivity index (χ3v) is 10.1. The molecule has 3 nitrogen and oxygen atoms in total. The summed E-state index contributed by atoms with van der Waals surface area (Å²) in [6.07, 6.45) is 0. The van der Waals surface area contributed by atoms with Gasteiger partial charge in [-0.05, 0) is 83.9 Å². The van der Waals surface area contributed by atoms with Crippen LogP contribution in [0.1, 0.15) is 0 Å². The van der Waals surface area contributed by atoms with Gasteiger partial charge in [-0.15, -0.1) is 0 Å². The summed E-state index contributed by atoms with van der Waals surface area (Å²) in [5, 5.41) is 4.98. The minimum atomic E-state index is 1.09. The molecule has 0 fully saturated rings. The highest BCUT2D eigenvalue weighted by molar-refractivity contribution is 6.14. The lowest BCUT2D eigenvalue weighted by Crippen LogP contribution is -2.12. The molecule has 51 heavy (non-hydrogen) atoms. The number of hydrogen-bond acceptors (Lipinski definition) is 1. The number of fused-ring (bicyclic) bond motifs is 6. The molecular weight excluding hydrogens is 619 g/mol. The number of hydrogen-bond donors (Lipinski definition) is 0. The van der Waals surface area contributed by atoms with Gasteiger partial charge in [0.2, 0.25) is 0 Å². The van der Waals surface area contributed by atoms with Gasteiger partial charge in [0.25, 0.3) is 0 Å². The molecule has 2 aromatic heterocycles. The number of anilines is 3. The summed E-state index contributed by atoms with van der Waals surface area (Å²) in [5.41, 5.74) is 12.7. The van der Waals surface area contributed by atoms with Crippen LogP contribution < -0.4 is 4.90 Å². The highest BCUT2D eigenvalue weighted by Crippen LogP contribution is 2.44. The molecule has 0 bridgehead atoms. The van der Waals surface area contributed by atoms with Crippen molar-refractivity contribution in [1.29, 1.82) is 0 Å². The summed E-state index contributed by atoms with van der Waals surface area (Å²) in [5.74, 6) is 0. The highest BCUT2D eigenvalue weighted by atomic mass is 15.2. The highest BCUT2D eigenvalue weighted by Gasteiger charge is 2.22. The molecule has 0 spiro atoms. The first-order valence-corrected chi connectivity index (χ1v) is 17.5. The number of nitrogens with zero attached hydrogens (tertiary/aromatic N) is 3. The van der Waals surface area contributed by atoms with Crippen LogP contribution in [0.5, 0.6) is 0 Å². The van der Waals surface area contributed by atoms with Gasteiger partial charge < -0.3 is 14.0 Å². The maximum absolute atomic E-state index is 2.41. The molecule has 0 aliphatic rings. The van der Waals surface area contributed by atoms with Gasteiger partial charge in [0.05, 0.1) is 27.8 Å². The summed E-state index contributed by atoms with van der Waals surface area (Å²) in [4.78, 5) is 2.41. The van der Waals surface area contributed by atoms with E-state index in [1.807, 2.05) is 0 Å². The molecule has 0 saturated heterocycles. The fourth-order valence-corrected chi connectivity index (χ4v) is 7.84. The van der Waals surface area contributed by atoms with E-state index in [0.29, 0.717) is 0 Å². The maximum atomic E-state index is 2.41. The van der Waals surface area contributed by atoms with Crippen molar-refractivity contribution in [3.8, 4) is 22.5 Å². The van der Waals surface area contributed by atoms with E-state index in [0.717, 1.165) is 28.4 Å². The standard InChI is InChI=1S/C48H33N3/c1-3-14-34(15-4-1)35-26-28-37(29-27-35)49(38-30-32-39(33-31-38)50-44-22-10-7-18-40(44)41-19-8-11-23-45(41)50)47-25-13-21-43-42-20-9-12-24-46(42)51(48(43)47)36-16-5-2-6-17-36/h1-33H. The summed E-state index contributed by atoms with van der Waals surface area (Å²) >= 11 is 0. The molecule has 10 rings (SSSR count). The summed E-state index contributed by atoms with van der Waals surface area (Å²) in [6.45, 7) is 0. The number of benzene rings is 8.